The van der Waals surface area contributed by atoms with E-state index in [-0.39, 0.29) is 5.78 Å². The van der Waals surface area contributed by atoms with Gasteiger partial charge in [0, 0.05) is 18.2 Å². The van der Waals surface area contributed by atoms with E-state index in [1.807, 2.05) is 42.6 Å². The molecule has 0 N–H and O–H groups in total. The van der Waals surface area contributed by atoms with E-state index in [0.717, 1.165) is 17.5 Å². The molecule has 2 nitrogen and oxygen atoms in total. The Balaban J connectivity index is 1.74. The molecule has 0 amide bonds. The molecule has 0 spiro atoms. The highest BCUT2D eigenvalue weighted by Crippen LogP contribution is 2.22. The van der Waals surface area contributed by atoms with Crippen molar-refractivity contribution in [3.05, 3.63) is 70.8 Å². The SMILES string of the molecule is O=C1CCc2ccc(C=NCc3ccccc3)cc21. The maximum absolute atomic E-state index is 11.7. The quantitative estimate of drug-likeness (QED) is 0.766. The number of nitrogens with zero attached hydrogens (tertiary/aromatic N) is 1. The Hall–Kier alpha value is -2.22. The van der Waals surface area contributed by atoms with E-state index in [2.05, 4.69) is 17.1 Å². The summed E-state index contributed by atoms with van der Waals surface area (Å²) in [5, 5.41) is 0. The van der Waals surface area contributed by atoms with Gasteiger partial charge in [-0.2, -0.15) is 0 Å². The number of ketones is 1. The van der Waals surface area contributed by atoms with Crippen LogP contribution in [0.15, 0.2) is 53.5 Å². The third-order valence-electron chi connectivity index (χ3n) is 3.41. The van der Waals surface area contributed by atoms with Crippen LogP contribution in [0.3, 0.4) is 0 Å². The van der Waals surface area contributed by atoms with Gasteiger partial charge in [-0.25, -0.2) is 0 Å². The lowest BCUT2D eigenvalue weighted by molar-refractivity contribution is 0.0994. The van der Waals surface area contributed by atoms with Gasteiger partial charge in [-0.1, -0.05) is 42.5 Å². The molecule has 1 aliphatic carbocycles. The van der Waals surface area contributed by atoms with Crippen LogP contribution < -0.4 is 0 Å². The minimum absolute atomic E-state index is 0.258. The summed E-state index contributed by atoms with van der Waals surface area (Å²) in [6, 6.07) is 16.2. The van der Waals surface area contributed by atoms with Crippen LogP contribution in [0.25, 0.3) is 0 Å². The Morgan fingerprint density at radius 1 is 1.05 bits per heavy atom. The van der Waals surface area contributed by atoms with Gasteiger partial charge in [-0.05, 0) is 29.2 Å². The van der Waals surface area contributed by atoms with Gasteiger partial charge in [0.05, 0.1) is 6.54 Å². The molecule has 2 aromatic rings. The molecule has 0 radical (unpaired) electrons. The van der Waals surface area contributed by atoms with E-state index in [0.29, 0.717) is 13.0 Å². The number of hydrogen-bond acceptors (Lipinski definition) is 2. The van der Waals surface area contributed by atoms with Gasteiger partial charge in [-0.15, -0.1) is 0 Å². The summed E-state index contributed by atoms with van der Waals surface area (Å²) in [5.41, 5.74) is 4.25. The normalized spacial score (nSPS) is 14.0. The number of hydrogen-bond donors (Lipinski definition) is 0. The van der Waals surface area contributed by atoms with Crippen molar-refractivity contribution in [2.75, 3.05) is 0 Å². The molecule has 0 saturated carbocycles. The zero-order chi connectivity index (χ0) is 13.1. The van der Waals surface area contributed by atoms with E-state index < -0.39 is 0 Å². The van der Waals surface area contributed by atoms with Gasteiger partial charge in [0.1, 0.15) is 0 Å². The predicted octanol–water partition coefficient (Wildman–Crippen LogP) is 3.43. The second-order valence-electron chi connectivity index (χ2n) is 4.80. The molecular formula is C17H15NO. The Morgan fingerprint density at radius 2 is 1.89 bits per heavy atom. The van der Waals surface area contributed by atoms with Crippen LogP contribution in [-0.4, -0.2) is 12.0 Å². The average Bonchev–Trinajstić information content (AvgIpc) is 2.82. The fraction of sp³-hybridized carbons (Fsp3) is 0.176. The van der Waals surface area contributed by atoms with Crippen LogP contribution in [0, 0.1) is 0 Å². The highest BCUT2D eigenvalue weighted by atomic mass is 16.1. The number of aryl methyl sites for hydroxylation is 1. The topological polar surface area (TPSA) is 29.4 Å². The number of rotatable bonds is 3. The summed E-state index contributed by atoms with van der Waals surface area (Å²) in [4.78, 5) is 16.1. The Labute approximate surface area is 112 Å². The van der Waals surface area contributed by atoms with Crippen molar-refractivity contribution in [1.29, 1.82) is 0 Å². The van der Waals surface area contributed by atoms with Gasteiger partial charge in [0.25, 0.3) is 0 Å². The largest absolute Gasteiger partial charge is 0.294 e. The lowest BCUT2D eigenvalue weighted by Crippen LogP contribution is -1.93. The first-order valence-corrected chi connectivity index (χ1v) is 6.53. The molecule has 0 aliphatic heterocycles. The highest BCUT2D eigenvalue weighted by molar-refractivity contribution is 6.01. The molecular weight excluding hydrogens is 234 g/mol. The Morgan fingerprint density at radius 3 is 2.74 bits per heavy atom. The van der Waals surface area contributed by atoms with Crippen molar-refractivity contribution in [2.24, 2.45) is 4.99 Å². The van der Waals surface area contributed by atoms with Gasteiger partial charge >= 0.3 is 0 Å². The van der Waals surface area contributed by atoms with Gasteiger partial charge in [0.2, 0.25) is 0 Å². The molecule has 19 heavy (non-hydrogen) atoms. The third-order valence-corrected chi connectivity index (χ3v) is 3.41. The second-order valence-corrected chi connectivity index (χ2v) is 4.80. The van der Waals surface area contributed by atoms with Gasteiger partial charge in [-0.3, -0.25) is 9.79 Å². The molecule has 0 bridgehead atoms. The first kappa shape index (κ1) is 11.8. The predicted molar refractivity (Wildman–Crippen MR) is 76.8 cm³/mol. The zero-order valence-corrected chi connectivity index (χ0v) is 10.7. The molecule has 0 fully saturated rings. The molecule has 2 heteroatoms. The lowest BCUT2D eigenvalue weighted by Gasteiger charge is -1.99. The van der Waals surface area contributed by atoms with Crippen molar-refractivity contribution >= 4 is 12.0 Å². The molecule has 0 atom stereocenters. The van der Waals surface area contributed by atoms with Crippen LogP contribution in [0.1, 0.15) is 33.5 Å². The fourth-order valence-electron chi connectivity index (χ4n) is 2.37. The first-order chi connectivity index (χ1) is 9.33. The summed E-state index contributed by atoms with van der Waals surface area (Å²) < 4.78 is 0. The van der Waals surface area contributed by atoms with Crippen LogP contribution in [0.5, 0.6) is 0 Å². The monoisotopic (exact) mass is 249 g/mol. The highest BCUT2D eigenvalue weighted by Gasteiger charge is 2.18. The zero-order valence-electron chi connectivity index (χ0n) is 10.7. The van der Waals surface area contributed by atoms with Crippen LogP contribution in [-0.2, 0) is 13.0 Å². The molecule has 2 aromatic carbocycles. The maximum Gasteiger partial charge on any atom is 0.163 e. The molecule has 0 unspecified atom stereocenters. The van der Waals surface area contributed by atoms with Crippen molar-refractivity contribution in [3.8, 4) is 0 Å². The Bertz CT molecular complexity index is 629. The molecule has 1 aliphatic rings. The summed E-state index contributed by atoms with van der Waals surface area (Å²) in [6.07, 6.45) is 3.38. The summed E-state index contributed by atoms with van der Waals surface area (Å²) in [5.74, 6) is 0.258. The minimum atomic E-state index is 0.258. The number of aliphatic imine (C=N–C) groups is 1. The number of Topliss-reactive ketones (excluding diaryl/α,β-unsaturated/α-hetero) is 1. The summed E-state index contributed by atoms with van der Waals surface area (Å²) >= 11 is 0. The van der Waals surface area contributed by atoms with E-state index >= 15 is 0 Å². The summed E-state index contributed by atoms with van der Waals surface area (Å²) in [7, 11) is 0. The molecule has 0 aromatic heterocycles. The lowest BCUT2D eigenvalue weighted by atomic mass is 10.1. The fourth-order valence-corrected chi connectivity index (χ4v) is 2.37. The number of carbonyl (C=O) groups is 1. The van der Waals surface area contributed by atoms with Crippen LogP contribution in [0.2, 0.25) is 0 Å². The second kappa shape index (κ2) is 5.19. The van der Waals surface area contributed by atoms with Crippen molar-refractivity contribution < 1.29 is 4.79 Å². The average molecular weight is 249 g/mol. The van der Waals surface area contributed by atoms with Crippen molar-refractivity contribution in [3.63, 3.8) is 0 Å². The van der Waals surface area contributed by atoms with Gasteiger partial charge in [0.15, 0.2) is 5.78 Å². The maximum atomic E-state index is 11.7. The van der Waals surface area contributed by atoms with Crippen LogP contribution in [0.4, 0.5) is 0 Å². The standard InChI is InChI=1S/C17H15NO/c19-17-9-8-15-7-6-14(10-16(15)17)12-18-11-13-4-2-1-3-5-13/h1-7,10,12H,8-9,11H2. The number of benzene rings is 2. The molecule has 0 saturated heterocycles. The van der Waals surface area contributed by atoms with E-state index in [1.165, 1.54) is 11.1 Å². The third kappa shape index (κ3) is 2.63. The molecule has 0 heterocycles. The van der Waals surface area contributed by atoms with E-state index in [9.17, 15) is 4.79 Å². The van der Waals surface area contributed by atoms with Crippen LogP contribution >= 0.6 is 0 Å². The van der Waals surface area contributed by atoms with Crippen molar-refractivity contribution in [2.45, 2.75) is 19.4 Å². The molecule has 3 rings (SSSR count). The van der Waals surface area contributed by atoms with Crippen molar-refractivity contribution in [1.82, 2.24) is 0 Å². The van der Waals surface area contributed by atoms with E-state index in [1.54, 1.807) is 0 Å². The smallest absolute Gasteiger partial charge is 0.163 e. The minimum Gasteiger partial charge on any atom is -0.294 e. The number of fused-ring (bicyclic) bond motifs is 1. The number of carbonyl (C=O) groups excluding carboxylic acids is 1. The van der Waals surface area contributed by atoms with Gasteiger partial charge < -0.3 is 0 Å². The molecule has 94 valence electrons. The van der Waals surface area contributed by atoms with E-state index in [4.69, 9.17) is 0 Å². The Kier molecular flexibility index (Phi) is 3.23. The first-order valence-electron chi connectivity index (χ1n) is 6.53. The summed E-state index contributed by atoms with van der Waals surface area (Å²) in [6.45, 7) is 0.672.